The fraction of sp³-hybridized carbons (Fsp3) is 0.667. The third-order valence-corrected chi connectivity index (χ3v) is 1.30. The van der Waals surface area contributed by atoms with E-state index in [2.05, 4.69) is 11.4 Å². The monoisotopic (exact) mass is 112 g/mol. The molecule has 46 valence electrons. The number of nitrogens with two attached hydrogens (primary N) is 1. The highest BCUT2D eigenvalue weighted by atomic mass is 14.9. The Morgan fingerprint density at radius 2 is 2.50 bits per heavy atom. The van der Waals surface area contributed by atoms with Crippen molar-refractivity contribution in [3.8, 4) is 0 Å². The summed E-state index contributed by atoms with van der Waals surface area (Å²) in [6.07, 6.45) is 4.67. The van der Waals surface area contributed by atoms with Crippen LogP contribution in [0.1, 0.15) is 12.8 Å². The van der Waals surface area contributed by atoms with E-state index >= 15 is 0 Å². The summed E-state index contributed by atoms with van der Waals surface area (Å²) >= 11 is 0. The van der Waals surface area contributed by atoms with Crippen LogP contribution in [0.4, 0.5) is 0 Å². The van der Waals surface area contributed by atoms with Gasteiger partial charge < -0.3 is 11.1 Å². The lowest BCUT2D eigenvalue weighted by Crippen LogP contribution is -2.24. The van der Waals surface area contributed by atoms with Gasteiger partial charge in [0.2, 0.25) is 0 Å². The van der Waals surface area contributed by atoms with Crippen molar-refractivity contribution in [3.05, 3.63) is 11.8 Å². The van der Waals surface area contributed by atoms with Gasteiger partial charge >= 0.3 is 0 Å². The Morgan fingerprint density at radius 1 is 1.75 bits per heavy atom. The zero-order chi connectivity index (χ0) is 5.82. The summed E-state index contributed by atoms with van der Waals surface area (Å²) in [4.78, 5) is 0. The standard InChI is InChI=1S/C6H12N2/c7-4-5-8-6-2-1-3-6/h2,8H,1,3-5,7H2. The van der Waals surface area contributed by atoms with Crippen molar-refractivity contribution >= 4 is 0 Å². The molecule has 3 N–H and O–H groups in total. The molecule has 0 radical (unpaired) electrons. The molecule has 0 aromatic carbocycles. The topological polar surface area (TPSA) is 38.0 Å². The predicted molar refractivity (Wildman–Crippen MR) is 34.4 cm³/mol. The first-order chi connectivity index (χ1) is 3.93. The molecule has 0 unspecified atom stereocenters. The molecule has 0 aromatic heterocycles. The van der Waals surface area contributed by atoms with E-state index < -0.39 is 0 Å². The first-order valence-electron chi connectivity index (χ1n) is 3.06. The summed E-state index contributed by atoms with van der Waals surface area (Å²) in [5.74, 6) is 0. The first-order valence-corrected chi connectivity index (χ1v) is 3.06. The SMILES string of the molecule is NCCNC1=CCC1. The average Bonchev–Trinajstić information content (AvgIpc) is 1.63. The third-order valence-electron chi connectivity index (χ3n) is 1.30. The summed E-state index contributed by atoms with van der Waals surface area (Å²) in [6, 6.07) is 0. The Morgan fingerprint density at radius 3 is 2.88 bits per heavy atom. The Balaban J connectivity index is 2.02. The molecule has 2 nitrogen and oxygen atoms in total. The lowest BCUT2D eigenvalue weighted by atomic mass is 10.1. The van der Waals surface area contributed by atoms with Crippen LogP contribution in [-0.4, -0.2) is 13.1 Å². The van der Waals surface area contributed by atoms with Crippen molar-refractivity contribution in [2.24, 2.45) is 5.73 Å². The molecule has 0 spiro atoms. The molecular weight excluding hydrogens is 100 g/mol. The molecule has 0 aliphatic heterocycles. The number of nitrogens with one attached hydrogen (secondary N) is 1. The van der Waals surface area contributed by atoms with Gasteiger partial charge in [0.25, 0.3) is 0 Å². The van der Waals surface area contributed by atoms with Gasteiger partial charge in [-0.05, 0) is 12.8 Å². The van der Waals surface area contributed by atoms with E-state index in [4.69, 9.17) is 5.73 Å². The summed E-state index contributed by atoms with van der Waals surface area (Å²) in [7, 11) is 0. The van der Waals surface area contributed by atoms with E-state index in [1.807, 2.05) is 0 Å². The molecule has 0 heterocycles. The molecule has 0 aromatic rings. The maximum atomic E-state index is 5.27. The highest BCUT2D eigenvalue weighted by Crippen LogP contribution is 2.13. The minimum Gasteiger partial charge on any atom is -0.387 e. The summed E-state index contributed by atoms with van der Waals surface area (Å²) in [5, 5.41) is 3.20. The van der Waals surface area contributed by atoms with Crippen LogP contribution >= 0.6 is 0 Å². The van der Waals surface area contributed by atoms with Crippen LogP contribution in [0, 0.1) is 0 Å². The van der Waals surface area contributed by atoms with Crippen LogP contribution in [0.25, 0.3) is 0 Å². The van der Waals surface area contributed by atoms with Crippen LogP contribution in [0.3, 0.4) is 0 Å². The van der Waals surface area contributed by atoms with Gasteiger partial charge in [0.15, 0.2) is 0 Å². The average molecular weight is 112 g/mol. The molecule has 0 bridgehead atoms. The van der Waals surface area contributed by atoms with Crippen LogP contribution in [0.2, 0.25) is 0 Å². The third kappa shape index (κ3) is 1.23. The summed E-state index contributed by atoms with van der Waals surface area (Å²) in [6.45, 7) is 1.66. The molecular formula is C6H12N2. The molecule has 0 atom stereocenters. The molecule has 0 fully saturated rings. The van der Waals surface area contributed by atoms with Crippen molar-refractivity contribution < 1.29 is 0 Å². The van der Waals surface area contributed by atoms with Gasteiger partial charge in [-0.25, -0.2) is 0 Å². The minimum absolute atomic E-state index is 0.733. The summed E-state index contributed by atoms with van der Waals surface area (Å²) < 4.78 is 0. The van der Waals surface area contributed by atoms with Gasteiger partial charge in [0, 0.05) is 18.8 Å². The molecule has 2 heteroatoms. The van der Waals surface area contributed by atoms with Gasteiger partial charge in [-0.3, -0.25) is 0 Å². The number of hydrogen-bond acceptors (Lipinski definition) is 2. The van der Waals surface area contributed by atoms with E-state index in [0.717, 1.165) is 13.1 Å². The molecule has 0 saturated heterocycles. The van der Waals surface area contributed by atoms with Gasteiger partial charge in [0.1, 0.15) is 0 Å². The molecule has 0 saturated carbocycles. The Labute approximate surface area is 49.8 Å². The van der Waals surface area contributed by atoms with Crippen molar-refractivity contribution in [2.45, 2.75) is 12.8 Å². The minimum atomic E-state index is 0.733. The number of rotatable bonds is 3. The maximum Gasteiger partial charge on any atom is 0.0266 e. The predicted octanol–water partition coefficient (Wildman–Crippen LogP) is 0.212. The largest absolute Gasteiger partial charge is 0.387 e. The highest BCUT2D eigenvalue weighted by molar-refractivity contribution is 5.09. The van der Waals surface area contributed by atoms with E-state index in [9.17, 15) is 0 Å². The second-order valence-electron chi connectivity index (χ2n) is 1.98. The molecule has 0 amide bonds. The molecule has 1 rings (SSSR count). The van der Waals surface area contributed by atoms with Crippen molar-refractivity contribution in [2.75, 3.05) is 13.1 Å². The number of hydrogen-bond donors (Lipinski definition) is 2. The number of allylic oxidation sites excluding steroid dienone is 2. The first kappa shape index (κ1) is 5.63. The van der Waals surface area contributed by atoms with Gasteiger partial charge in [-0.15, -0.1) is 0 Å². The second-order valence-corrected chi connectivity index (χ2v) is 1.98. The smallest absolute Gasteiger partial charge is 0.0266 e. The lowest BCUT2D eigenvalue weighted by molar-refractivity contribution is 0.698. The Hall–Kier alpha value is -0.500. The van der Waals surface area contributed by atoms with Crippen LogP contribution in [-0.2, 0) is 0 Å². The van der Waals surface area contributed by atoms with Crippen molar-refractivity contribution in [1.82, 2.24) is 5.32 Å². The van der Waals surface area contributed by atoms with E-state index in [1.165, 1.54) is 18.5 Å². The zero-order valence-corrected chi connectivity index (χ0v) is 4.98. The van der Waals surface area contributed by atoms with Gasteiger partial charge in [-0.2, -0.15) is 0 Å². The van der Waals surface area contributed by atoms with Gasteiger partial charge in [0.05, 0.1) is 0 Å². The van der Waals surface area contributed by atoms with Crippen LogP contribution in [0.15, 0.2) is 11.8 Å². The van der Waals surface area contributed by atoms with Crippen molar-refractivity contribution in [3.63, 3.8) is 0 Å². The molecule has 1 aliphatic rings. The van der Waals surface area contributed by atoms with Crippen LogP contribution in [0.5, 0.6) is 0 Å². The van der Waals surface area contributed by atoms with Crippen molar-refractivity contribution in [1.29, 1.82) is 0 Å². The quantitative estimate of drug-likeness (QED) is 0.548. The van der Waals surface area contributed by atoms with E-state index in [1.54, 1.807) is 0 Å². The van der Waals surface area contributed by atoms with E-state index in [0.29, 0.717) is 0 Å². The van der Waals surface area contributed by atoms with Gasteiger partial charge in [-0.1, -0.05) is 6.08 Å². The normalized spacial score (nSPS) is 16.9. The maximum absolute atomic E-state index is 5.27. The van der Waals surface area contributed by atoms with Crippen LogP contribution < -0.4 is 11.1 Å². The molecule has 1 aliphatic carbocycles. The Bertz CT molecular complexity index is 96.7. The summed E-state index contributed by atoms with van der Waals surface area (Å²) in [5.41, 5.74) is 6.64. The van der Waals surface area contributed by atoms with E-state index in [-0.39, 0.29) is 0 Å². The fourth-order valence-corrected chi connectivity index (χ4v) is 0.682. The molecule has 8 heavy (non-hydrogen) atoms. The second kappa shape index (κ2) is 2.72. The Kier molecular flexibility index (Phi) is 1.92. The lowest BCUT2D eigenvalue weighted by Gasteiger charge is -2.15. The highest BCUT2D eigenvalue weighted by Gasteiger charge is 2.01. The fourth-order valence-electron chi connectivity index (χ4n) is 0.682. The zero-order valence-electron chi connectivity index (χ0n) is 4.98.